The Kier molecular flexibility index (Phi) is 9.64. The van der Waals surface area contributed by atoms with Crippen LogP contribution < -0.4 is 10.6 Å². The molecular weight excluding hydrogens is 519 g/mol. The van der Waals surface area contributed by atoms with E-state index in [0.717, 1.165) is 29.9 Å². The average molecular weight is 571 g/mol. The first kappa shape index (κ1) is 31.3. The van der Waals surface area contributed by atoms with E-state index in [1.165, 1.54) is 5.57 Å². The lowest BCUT2D eigenvalue weighted by molar-refractivity contribution is 0.0725. The van der Waals surface area contributed by atoms with E-state index < -0.39 is 23.8 Å². The van der Waals surface area contributed by atoms with Gasteiger partial charge >= 0.3 is 0 Å². The Morgan fingerprint density at radius 1 is 0.737 bits per heavy atom. The summed E-state index contributed by atoms with van der Waals surface area (Å²) < 4.78 is 28.6. The van der Waals surface area contributed by atoms with Crippen molar-refractivity contribution in [2.24, 2.45) is 0 Å². The van der Waals surface area contributed by atoms with Gasteiger partial charge in [0.2, 0.25) is 0 Å². The first-order valence-corrected chi connectivity index (χ1v) is 21.9. The second-order valence-electron chi connectivity index (χ2n) is 14.1. The third-order valence-electron chi connectivity index (χ3n) is 9.02. The highest BCUT2D eigenvalue weighted by molar-refractivity contribution is 7.78. The molecule has 210 valence electrons. The molecule has 3 nitrogen and oxygen atoms in total. The molecule has 0 N–H and O–H groups in total. The molecule has 2 aromatic carbocycles. The monoisotopic (exact) mass is 570 g/mol. The van der Waals surface area contributed by atoms with Crippen LogP contribution in [-0.2, 0) is 13.4 Å². The molecule has 0 saturated heterocycles. The van der Waals surface area contributed by atoms with Gasteiger partial charge in [-0.25, -0.2) is 0 Å². The fourth-order valence-electron chi connectivity index (χ4n) is 4.62. The molecule has 2 atom stereocenters. The van der Waals surface area contributed by atoms with Crippen molar-refractivity contribution in [2.45, 2.75) is 109 Å². The zero-order valence-corrected chi connectivity index (χ0v) is 28.4. The molecule has 0 heterocycles. The predicted molar refractivity (Wildman–Crippen MR) is 171 cm³/mol. The number of benzene rings is 2. The van der Waals surface area contributed by atoms with Gasteiger partial charge in [0.1, 0.15) is 7.14 Å². The van der Waals surface area contributed by atoms with Gasteiger partial charge in [0.25, 0.3) is 0 Å². The van der Waals surface area contributed by atoms with Crippen LogP contribution in [0.4, 0.5) is 0 Å². The third kappa shape index (κ3) is 7.49. The SMILES string of the molecule is CC(C)(C)[Si](C)(C)O[C@H]1CC(=CCP(=O)(c2ccccc2)c2ccccc2)C[C@H](O[Si](C)(C)C(C)(C)C)C1. The first-order valence-electron chi connectivity index (χ1n) is 14.2. The van der Waals surface area contributed by atoms with E-state index in [2.05, 4.69) is 73.8 Å². The zero-order chi connectivity index (χ0) is 28.4. The van der Waals surface area contributed by atoms with Crippen molar-refractivity contribution < 1.29 is 13.4 Å². The standard InChI is InChI=1S/C32H51O3PSi2/c1-31(2,3)37(7,8)34-27-23-26(24-28(25-27)35-38(9,10)32(4,5)6)21-22-36(33,29-17-13-11-14-18-29)30-19-15-12-16-20-30/h11-21,27-28H,22-25H2,1-10H3/t27-,28-/m0/s1. The Balaban J connectivity index is 1.95. The highest BCUT2D eigenvalue weighted by Gasteiger charge is 2.43. The number of hydrogen-bond acceptors (Lipinski definition) is 3. The van der Waals surface area contributed by atoms with Gasteiger partial charge in [0, 0.05) is 16.8 Å². The number of allylic oxidation sites excluding steroid dienone is 1. The van der Waals surface area contributed by atoms with Crippen molar-refractivity contribution in [3.63, 3.8) is 0 Å². The van der Waals surface area contributed by atoms with Crippen molar-refractivity contribution in [2.75, 3.05) is 6.16 Å². The van der Waals surface area contributed by atoms with Crippen LogP contribution in [0.15, 0.2) is 72.3 Å². The molecule has 1 saturated carbocycles. The van der Waals surface area contributed by atoms with Gasteiger partial charge in [0.05, 0.1) is 12.2 Å². The molecule has 0 aliphatic heterocycles. The summed E-state index contributed by atoms with van der Waals surface area (Å²) in [6, 6.07) is 20.0. The second-order valence-corrected chi connectivity index (χ2v) is 26.5. The molecular formula is C32H51O3PSi2. The smallest absolute Gasteiger partial charge is 0.192 e. The molecule has 2 aromatic rings. The predicted octanol–water partition coefficient (Wildman–Crippen LogP) is 8.89. The van der Waals surface area contributed by atoms with E-state index >= 15 is 0 Å². The van der Waals surface area contributed by atoms with Gasteiger partial charge in [0.15, 0.2) is 16.6 Å². The molecule has 1 fully saturated rings. The fraction of sp³-hybridized carbons (Fsp3) is 0.562. The Bertz CT molecular complexity index is 1050. The summed E-state index contributed by atoms with van der Waals surface area (Å²) in [5.41, 5.74) is 1.33. The first-order chi connectivity index (χ1) is 17.4. The lowest BCUT2D eigenvalue weighted by Gasteiger charge is -2.45. The normalized spacial score (nSPS) is 19.9. The van der Waals surface area contributed by atoms with E-state index in [9.17, 15) is 4.57 Å². The van der Waals surface area contributed by atoms with E-state index in [1.807, 2.05) is 60.7 Å². The van der Waals surface area contributed by atoms with Crippen molar-refractivity contribution in [1.82, 2.24) is 0 Å². The van der Waals surface area contributed by atoms with E-state index in [-0.39, 0.29) is 22.3 Å². The minimum absolute atomic E-state index is 0.137. The lowest BCUT2D eigenvalue weighted by Crippen LogP contribution is -2.48. The molecule has 0 radical (unpaired) electrons. The Morgan fingerprint density at radius 3 is 1.45 bits per heavy atom. The summed E-state index contributed by atoms with van der Waals surface area (Å²) >= 11 is 0. The third-order valence-corrected chi connectivity index (χ3v) is 21.1. The van der Waals surface area contributed by atoms with Crippen LogP contribution in [0.25, 0.3) is 0 Å². The molecule has 0 bridgehead atoms. The summed E-state index contributed by atoms with van der Waals surface area (Å²) in [6.07, 6.45) is 5.80. The van der Waals surface area contributed by atoms with E-state index in [1.54, 1.807) is 0 Å². The van der Waals surface area contributed by atoms with Crippen molar-refractivity contribution in [1.29, 1.82) is 0 Å². The molecule has 0 unspecified atom stereocenters. The van der Waals surface area contributed by atoms with E-state index in [4.69, 9.17) is 8.85 Å². The largest absolute Gasteiger partial charge is 0.414 e. The van der Waals surface area contributed by atoms with Crippen molar-refractivity contribution in [3.05, 3.63) is 72.3 Å². The molecule has 3 rings (SSSR count). The van der Waals surface area contributed by atoms with Gasteiger partial charge in [-0.05, 0) is 55.5 Å². The summed E-state index contributed by atoms with van der Waals surface area (Å²) in [7, 11) is -6.68. The van der Waals surface area contributed by atoms with Gasteiger partial charge in [-0.2, -0.15) is 0 Å². The minimum Gasteiger partial charge on any atom is -0.414 e. The Morgan fingerprint density at radius 2 is 1.11 bits per heavy atom. The maximum absolute atomic E-state index is 14.6. The van der Waals surface area contributed by atoms with Crippen LogP contribution >= 0.6 is 7.14 Å². The molecule has 0 spiro atoms. The topological polar surface area (TPSA) is 35.5 Å². The molecule has 1 aliphatic carbocycles. The highest BCUT2D eigenvalue weighted by Crippen LogP contribution is 2.46. The number of rotatable bonds is 8. The maximum Gasteiger partial charge on any atom is 0.192 e. The fourth-order valence-corrected chi connectivity index (χ4v) is 9.89. The molecule has 0 aromatic heterocycles. The van der Waals surface area contributed by atoms with Crippen LogP contribution in [0.3, 0.4) is 0 Å². The quantitative estimate of drug-likeness (QED) is 0.181. The average Bonchev–Trinajstić information content (AvgIpc) is 2.81. The van der Waals surface area contributed by atoms with Crippen LogP contribution in [-0.4, -0.2) is 35.0 Å². The summed E-state index contributed by atoms with van der Waals surface area (Å²) in [5, 5.41) is 2.14. The molecule has 38 heavy (non-hydrogen) atoms. The van der Waals surface area contributed by atoms with Crippen molar-refractivity contribution in [3.8, 4) is 0 Å². The minimum atomic E-state index is -2.81. The van der Waals surface area contributed by atoms with Gasteiger partial charge in [-0.1, -0.05) is 114 Å². The summed E-state index contributed by atoms with van der Waals surface area (Å²) in [5.74, 6) is 0. The Hall–Kier alpha value is -1.24. The second kappa shape index (κ2) is 11.7. The molecule has 6 heteroatoms. The van der Waals surface area contributed by atoms with Gasteiger partial charge in [-0.3, -0.25) is 0 Å². The highest BCUT2D eigenvalue weighted by atomic mass is 31.2. The van der Waals surface area contributed by atoms with E-state index in [0.29, 0.717) is 6.16 Å². The van der Waals surface area contributed by atoms with Gasteiger partial charge in [-0.15, -0.1) is 0 Å². The van der Waals surface area contributed by atoms with Crippen LogP contribution in [0.2, 0.25) is 36.3 Å². The van der Waals surface area contributed by atoms with Crippen LogP contribution in [0.5, 0.6) is 0 Å². The lowest BCUT2D eigenvalue weighted by atomic mass is 9.90. The zero-order valence-electron chi connectivity index (χ0n) is 25.5. The summed E-state index contributed by atoms with van der Waals surface area (Å²) in [6.45, 7) is 23.2. The van der Waals surface area contributed by atoms with Crippen molar-refractivity contribution >= 4 is 34.4 Å². The molecule has 0 amide bonds. The molecule has 1 aliphatic rings. The number of hydrogen-bond donors (Lipinski definition) is 0. The maximum atomic E-state index is 14.6. The van der Waals surface area contributed by atoms with Crippen LogP contribution in [0.1, 0.15) is 60.8 Å². The van der Waals surface area contributed by atoms with Crippen LogP contribution in [0, 0.1) is 0 Å². The van der Waals surface area contributed by atoms with Gasteiger partial charge < -0.3 is 13.4 Å². The summed E-state index contributed by atoms with van der Waals surface area (Å²) in [4.78, 5) is 0. The Labute approximate surface area is 235 Å².